The Balaban J connectivity index is 2.51. The van der Waals surface area contributed by atoms with Crippen molar-refractivity contribution in [3.63, 3.8) is 0 Å². The topological polar surface area (TPSA) is 69.6 Å². The zero-order valence-electron chi connectivity index (χ0n) is 8.10. The third kappa shape index (κ3) is 1.56. The van der Waals surface area contributed by atoms with E-state index in [0.717, 1.165) is 17.2 Å². The molecular weight excluding hydrogens is 178 g/mol. The van der Waals surface area contributed by atoms with Crippen molar-refractivity contribution in [2.24, 2.45) is 0 Å². The smallest absolute Gasteiger partial charge is 0.222 e. The van der Waals surface area contributed by atoms with E-state index < -0.39 is 0 Å². The molecule has 2 aromatic heterocycles. The molecule has 0 saturated carbocycles. The average molecular weight is 189 g/mol. The molecule has 0 spiro atoms. The highest BCUT2D eigenvalue weighted by Gasteiger charge is 2.01. The minimum Gasteiger partial charge on any atom is -0.368 e. The number of hydrogen-bond acceptors (Lipinski definition) is 4. The number of aryl methyl sites for hydroxylation is 2. The Bertz CT molecular complexity index is 440. The summed E-state index contributed by atoms with van der Waals surface area (Å²) in [4.78, 5) is 12.2. The van der Waals surface area contributed by atoms with E-state index in [1.807, 2.05) is 30.7 Å². The summed E-state index contributed by atoms with van der Waals surface area (Å²) >= 11 is 0. The quantitative estimate of drug-likeness (QED) is 0.722. The molecule has 5 nitrogen and oxygen atoms in total. The van der Waals surface area contributed by atoms with Crippen LogP contribution >= 0.6 is 0 Å². The zero-order chi connectivity index (χ0) is 10.1. The molecule has 72 valence electrons. The fourth-order valence-electron chi connectivity index (χ4n) is 1.25. The van der Waals surface area contributed by atoms with E-state index in [2.05, 4.69) is 15.0 Å². The number of nitrogens with two attached hydrogens (primary N) is 1. The lowest BCUT2D eigenvalue weighted by atomic mass is 10.4. The van der Waals surface area contributed by atoms with E-state index in [1.54, 1.807) is 6.33 Å². The molecule has 0 aliphatic heterocycles. The molecule has 5 heteroatoms. The third-order valence-corrected chi connectivity index (χ3v) is 1.83. The lowest BCUT2D eigenvalue weighted by Crippen LogP contribution is -2.02. The molecule has 2 aromatic rings. The van der Waals surface area contributed by atoms with Crippen molar-refractivity contribution in [2.45, 2.75) is 13.8 Å². The van der Waals surface area contributed by atoms with E-state index in [9.17, 15) is 0 Å². The summed E-state index contributed by atoms with van der Waals surface area (Å²) in [5.41, 5.74) is 7.34. The maximum atomic E-state index is 5.55. The van der Waals surface area contributed by atoms with Crippen LogP contribution in [-0.4, -0.2) is 19.5 Å². The fourth-order valence-corrected chi connectivity index (χ4v) is 1.25. The lowest BCUT2D eigenvalue weighted by Gasteiger charge is -2.02. The molecule has 14 heavy (non-hydrogen) atoms. The summed E-state index contributed by atoms with van der Waals surface area (Å²) < 4.78 is 1.82. The molecule has 2 heterocycles. The second-order valence-corrected chi connectivity index (χ2v) is 3.15. The minimum absolute atomic E-state index is 0.284. The van der Waals surface area contributed by atoms with Crippen LogP contribution in [0.4, 0.5) is 5.95 Å². The standard InChI is InChI=1S/C9H11N5/c1-6-3-8(13-9(10)12-6)14-4-7(2)11-5-14/h3-5H,1-2H3,(H2,10,12,13). The Morgan fingerprint density at radius 2 is 2.00 bits per heavy atom. The monoisotopic (exact) mass is 189 g/mol. The van der Waals surface area contributed by atoms with Crippen LogP contribution < -0.4 is 5.73 Å². The van der Waals surface area contributed by atoms with Crippen molar-refractivity contribution in [1.82, 2.24) is 19.5 Å². The maximum Gasteiger partial charge on any atom is 0.222 e. The van der Waals surface area contributed by atoms with Gasteiger partial charge in [-0.15, -0.1) is 0 Å². The first-order valence-corrected chi connectivity index (χ1v) is 4.27. The molecule has 0 aromatic carbocycles. The summed E-state index contributed by atoms with van der Waals surface area (Å²) in [6, 6.07) is 1.86. The molecule has 0 unspecified atom stereocenters. The summed E-state index contributed by atoms with van der Waals surface area (Å²) in [6.45, 7) is 3.80. The first-order chi connectivity index (χ1) is 6.65. The predicted octanol–water partition coefficient (Wildman–Crippen LogP) is 0.861. The van der Waals surface area contributed by atoms with Gasteiger partial charge >= 0.3 is 0 Å². The Hall–Kier alpha value is -1.91. The van der Waals surface area contributed by atoms with Crippen molar-refractivity contribution >= 4 is 5.95 Å². The first kappa shape index (κ1) is 8.68. The molecule has 0 amide bonds. The van der Waals surface area contributed by atoms with Gasteiger partial charge < -0.3 is 5.73 Å². The maximum absolute atomic E-state index is 5.55. The van der Waals surface area contributed by atoms with Gasteiger partial charge in [-0.2, -0.15) is 4.98 Å². The van der Waals surface area contributed by atoms with E-state index in [-0.39, 0.29) is 5.95 Å². The number of aromatic nitrogens is 4. The van der Waals surface area contributed by atoms with E-state index >= 15 is 0 Å². The number of rotatable bonds is 1. The predicted molar refractivity (Wildman–Crippen MR) is 53.0 cm³/mol. The fraction of sp³-hybridized carbons (Fsp3) is 0.222. The second-order valence-electron chi connectivity index (χ2n) is 3.15. The molecule has 0 aliphatic rings. The van der Waals surface area contributed by atoms with Gasteiger partial charge in [0.05, 0.1) is 5.69 Å². The van der Waals surface area contributed by atoms with E-state index in [1.165, 1.54) is 0 Å². The van der Waals surface area contributed by atoms with Crippen LogP contribution in [0.5, 0.6) is 0 Å². The number of nitrogens with zero attached hydrogens (tertiary/aromatic N) is 4. The first-order valence-electron chi connectivity index (χ1n) is 4.27. The van der Waals surface area contributed by atoms with Gasteiger partial charge in [-0.3, -0.25) is 4.57 Å². The molecule has 0 atom stereocenters. The van der Waals surface area contributed by atoms with Crippen molar-refractivity contribution in [3.05, 3.63) is 30.0 Å². The van der Waals surface area contributed by atoms with Gasteiger partial charge in [-0.25, -0.2) is 9.97 Å². The van der Waals surface area contributed by atoms with Crippen LogP contribution in [-0.2, 0) is 0 Å². The molecule has 0 saturated heterocycles. The Kier molecular flexibility index (Phi) is 1.92. The zero-order valence-corrected chi connectivity index (χ0v) is 8.10. The SMILES string of the molecule is Cc1cn(-c2cc(C)nc(N)n2)cn1. The van der Waals surface area contributed by atoms with Gasteiger partial charge in [0, 0.05) is 18.0 Å². The Morgan fingerprint density at radius 3 is 2.57 bits per heavy atom. The molecular formula is C9H11N5. The van der Waals surface area contributed by atoms with Crippen LogP contribution in [0.25, 0.3) is 5.82 Å². The second kappa shape index (κ2) is 3.10. The van der Waals surface area contributed by atoms with Gasteiger partial charge in [0.1, 0.15) is 12.1 Å². The summed E-state index contributed by atoms with van der Waals surface area (Å²) in [6.07, 6.45) is 3.60. The number of hydrogen-bond donors (Lipinski definition) is 1. The van der Waals surface area contributed by atoms with Crippen molar-refractivity contribution in [2.75, 3.05) is 5.73 Å². The highest BCUT2D eigenvalue weighted by atomic mass is 15.1. The number of nitrogen functional groups attached to an aromatic ring is 1. The van der Waals surface area contributed by atoms with Crippen LogP contribution in [0.3, 0.4) is 0 Å². The van der Waals surface area contributed by atoms with Gasteiger partial charge in [-0.05, 0) is 13.8 Å². The van der Waals surface area contributed by atoms with Gasteiger partial charge in [0.15, 0.2) is 0 Å². The van der Waals surface area contributed by atoms with Gasteiger partial charge in [-0.1, -0.05) is 0 Å². The highest BCUT2D eigenvalue weighted by molar-refractivity contribution is 5.31. The number of anilines is 1. The highest BCUT2D eigenvalue weighted by Crippen LogP contribution is 2.08. The Labute approximate surface area is 81.6 Å². The lowest BCUT2D eigenvalue weighted by molar-refractivity contribution is 0.964. The Morgan fingerprint density at radius 1 is 1.21 bits per heavy atom. The molecule has 0 aliphatic carbocycles. The van der Waals surface area contributed by atoms with Gasteiger partial charge in [0.2, 0.25) is 5.95 Å². The molecule has 2 rings (SSSR count). The van der Waals surface area contributed by atoms with E-state index in [4.69, 9.17) is 5.73 Å². The van der Waals surface area contributed by atoms with Gasteiger partial charge in [0.25, 0.3) is 0 Å². The normalized spacial score (nSPS) is 10.4. The number of imidazole rings is 1. The minimum atomic E-state index is 0.284. The molecule has 0 fully saturated rings. The van der Waals surface area contributed by atoms with Crippen LogP contribution in [0.2, 0.25) is 0 Å². The summed E-state index contributed by atoms with van der Waals surface area (Å²) in [5.74, 6) is 1.03. The molecule has 0 radical (unpaired) electrons. The van der Waals surface area contributed by atoms with Crippen molar-refractivity contribution in [1.29, 1.82) is 0 Å². The van der Waals surface area contributed by atoms with E-state index in [0.29, 0.717) is 0 Å². The molecule has 0 bridgehead atoms. The van der Waals surface area contributed by atoms with Crippen LogP contribution in [0.1, 0.15) is 11.4 Å². The van der Waals surface area contributed by atoms with Crippen molar-refractivity contribution in [3.8, 4) is 5.82 Å². The third-order valence-electron chi connectivity index (χ3n) is 1.83. The van der Waals surface area contributed by atoms with Crippen LogP contribution in [0.15, 0.2) is 18.6 Å². The largest absolute Gasteiger partial charge is 0.368 e. The van der Waals surface area contributed by atoms with Crippen LogP contribution in [0, 0.1) is 13.8 Å². The summed E-state index contributed by atoms with van der Waals surface area (Å²) in [7, 11) is 0. The van der Waals surface area contributed by atoms with Crippen molar-refractivity contribution < 1.29 is 0 Å². The average Bonchev–Trinajstić information content (AvgIpc) is 2.50. The molecule has 2 N–H and O–H groups in total. The summed E-state index contributed by atoms with van der Waals surface area (Å²) in [5, 5.41) is 0.